The lowest BCUT2D eigenvalue weighted by Gasteiger charge is -2.07. The van der Waals surface area contributed by atoms with Gasteiger partial charge in [0.2, 0.25) is 5.89 Å². The Hall–Kier alpha value is -2.95. The molecule has 1 aliphatic carbocycles. The van der Waals surface area contributed by atoms with Gasteiger partial charge in [0.25, 0.3) is 5.91 Å². The van der Waals surface area contributed by atoms with Crippen molar-refractivity contribution in [1.29, 1.82) is 0 Å². The molecule has 0 unspecified atom stereocenters. The first-order chi connectivity index (χ1) is 12.2. The van der Waals surface area contributed by atoms with Gasteiger partial charge in [-0.05, 0) is 55.2 Å². The van der Waals surface area contributed by atoms with Crippen LogP contribution in [0.3, 0.4) is 0 Å². The topological polar surface area (TPSA) is 55.1 Å². The van der Waals surface area contributed by atoms with Crippen LogP contribution in [0, 0.1) is 11.7 Å². The Morgan fingerprint density at radius 3 is 2.68 bits per heavy atom. The highest BCUT2D eigenvalue weighted by molar-refractivity contribution is 6.00. The van der Waals surface area contributed by atoms with Gasteiger partial charge < -0.3 is 9.73 Å². The maximum Gasteiger partial charge on any atom is 0.252 e. The second-order valence-electron chi connectivity index (χ2n) is 6.24. The second-order valence-corrected chi connectivity index (χ2v) is 6.24. The zero-order chi connectivity index (χ0) is 17.2. The molecule has 126 valence electrons. The molecule has 5 heteroatoms. The van der Waals surface area contributed by atoms with E-state index in [1.165, 1.54) is 25.0 Å². The number of aromatic nitrogens is 1. The van der Waals surface area contributed by atoms with Crippen LogP contribution in [-0.4, -0.2) is 17.4 Å². The van der Waals surface area contributed by atoms with Gasteiger partial charge in [-0.25, -0.2) is 9.37 Å². The summed E-state index contributed by atoms with van der Waals surface area (Å²) in [6, 6.07) is 13.2. The predicted molar refractivity (Wildman–Crippen MR) is 92.4 cm³/mol. The largest absolute Gasteiger partial charge is 0.436 e. The standard InChI is InChI=1S/C20H17FN2O2/c21-15-9-7-14(8-10-15)18-12-23-20(25-18)17-4-2-1-3-16(17)19(24)22-11-13-5-6-13/h1-4,7-10,12-13H,5-6,11H2,(H,22,24). The maximum absolute atomic E-state index is 13.1. The summed E-state index contributed by atoms with van der Waals surface area (Å²) in [5.41, 5.74) is 1.91. The van der Waals surface area contributed by atoms with E-state index < -0.39 is 0 Å². The van der Waals surface area contributed by atoms with Crippen molar-refractivity contribution in [3.8, 4) is 22.8 Å². The quantitative estimate of drug-likeness (QED) is 0.756. The molecule has 4 nitrogen and oxygen atoms in total. The number of carbonyl (C=O) groups excluding carboxylic acids is 1. The molecule has 1 aliphatic rings. The molecular weight excluding hydrogens is 319 g/mol. The van der Waals surface area contributed by atoms with Gasteiger partial charge in [-0.15, -0.1) is 0 Å². The van der Waals surface area contributed by atoms with Crippen molar-refractivity contribution < 1.29 is 13.6 Å². The van der Waals surface area contributed by atoms with E-state index in [9.17, 15) is 9.18 Å². The summed E-state index contributed by atoms with van der Waals surface area (Å²) in [5, 5.41) is 2.97. The average Bonchev–Trinajstić information content (AvgIpc) is 3.35. The molecule has 0 atom stereocenters. The summed E-state index contributed by atoms with van der Waals surface area (Å²) < 4.78 is 18.9. The van der Waals surface area contributed by atoms with E-state index in [2.05, 4.69) is 10.3 Å². The lowest BCUT2D eigenvalue weighted by Crippen LogP contribution is -2.26. The van der Waals surface area contributed by atoms with Gasteiger partial charge in [-0.2, -0.15) is 0 Å². The second kappa shape index (κ2) is 6.51. The molecule has 4 rings (SSSR count). The van der Waals surface area contributed by atoms with Crippen molar-refractivity contribution in [1.82, 2.24) is 10.3 Å². The van der Waals surface area contributed by atoms with E-state index >= 15 is 0 Å². The number of nitrogens with one attached hydrogen (secondary N) is 1. The van der Waals surface area contributed by atoms with Crippen LogP contribution in [0.25, 0.3) is 22.8 Å². The Balaban J connectivity index is 1.61. The van der Waals surface area contributed by atoms with E-state index in [1.807, 2.05) is 18.2 Å². The first-order valence-electron chi connectivity index (χ1n) is 8.30. The Kier molecular flexibility index (Phi) is 4.06. The average molecular weight is 336 g/mol. The van der Waals surface area contributed by atoms with Crippen molar-refractivity contribution in [2.75, 3.05) is 6.54 Å². The summed E-state index contributed by atoms with van der Waals surface area (Å²) >= 11 is 0. The minimum absolute atomic E-state index is 0.121. The number of benzene rings is 2. The lowest BCUT2D eigenvalue weighted by molar-refractivity contribution is 0.0952. The van der Waals surface area contributed by atoms with Gasteiger partial charge in [0, 0.05) is 17.7 Å². The lowest BCUT2D eigenvalue weighted by atomic mass is 10.1. The van der Waals surface area contributed by atoms with Crippen molar-refractivity contribution in [2.45, 2.75) is 12.8 Å². The van der Waals surface area contributed by atoms with Crippen molar-refractivity contribution in [3.05, 3.63) is 66.1 Å². The predicted octanol–water partition coefficient (Wildman–Crippen LogP) is 4.29. The molecule has 3 aromatic rings. The van der Waals surface area contributed by atoms with Crippen molar-refractivity contribution >= 4 is 5.91 Å². The van der Waals surface area contributed by atoms with Crippen LogP contribution in [0.1, 0.15) is 23.2 Å². The van der Waals surface area contributed by atoms with E-state index in [1.54, 1.807) is 24.4 Å². The molecular formula is C20H17FN2O2. The summed E-state index contributed by atoms with van der Waals surface area (Å²) in [5.74, 6) is 1.09. The molecule has 0 saturated heterocycles. The Labute approximate surface area is 144 Å². The van der Waals surface area contributed by atoms with Crippen LogP contribution in [0.2, 0.25) is 0 Å². The van der Waals surface area contributed by atoms with Gasteiger partial charge in [-0.1, -0.05) is 12.1 Å². The highest BCUT2D eigenvalue weighted by atomic mass is 19.1. The van der Waals surface area contributed by atoms with Gasteiger partial charge in [0.05, 0.1) is 11.8 Å². The third kappa shape index (κ3) is 3.45. The minimum atomic E-state index is -0.304. The molecule has 1 N–H and O–H groups in total. The smallest absolute Gasteiger partial charge is 0.252 e. The number of oxazole rings is 1. The first-order valence-corrected chi connectivity index (χ1v) is 8.30. The number of carbonyl (C=O) groups is 1. The highest BCUT2D eigenvalue weighted by Crippen LogP contribution is 2.29. The summed E-state index contributed by atoms with van der Waals surface area (Å²) in [7, 11) is 0. The first kappa shape index (κ1) is 15.6. The van der Waals surface area contributed by atoms with Gasteiger partial charge in [0.15, 0.2) is 5.76 Å². The number of hydrogen-bond donors (Lipinski definition) is 1. The van der Waals surface area contributed by atoms with Crippen LogP contribution < -0.4 is 5.32 Å². The van der Waals surface area contributed by atoms with Crippen molar-refractivity contribution in [2.24, 2.45) is 5.92 Å². The Morgan fingerprint density at radius 2 is 1.92 bits per heavy atom. The summed E-state index contributed by atoms with van der Waals surface area (Å²) in [6.07, 6.45) is 3.95. The van der Waals surface area contributed by atoms with Crippen LogP contribution in [0.15, 0.2) is 59.1 Å². The van der Waals surface area contributed by atoms with Gasteiger partial charge in [0.1, 0.15) is 5.82 Å². The molecule has 0 bridgehead atoms. The molecule has 2 aromatic carbocycles. The molecule has 25 heavy (non-hydrogen) atoms. The Bertz CT molecular complexity index is 898. The number of nitrogens with zero attached hydrogens (tertiary/aromatic N) is 1. The third-order valence-corrected chi connectivity index (χ3v) is 4.28. The monoisotopic (exact) mass is 336 g/mol. The number of hydrogen-bond acceptors (Lipinski definition) is 3. The fraction of sp³-hybridized carbons (Fsp3) is 0.200. The SMILES string of the molecule is O=C(NCC1CC1)c1ccccc1-c1ncc(-c2ccc(F)cc2)o1. The van der Waals surface area contributed by atoms with Gasteiger partial charge >= 0.3 is 0 Å². The Morgan fingerprint density at radius 1 is 1.16 bits per heavy atom. The molecule has 0 spiro atoms. The normalized spacial score (nSPS) is 13.6. The van der Waals surface area contributed by atoms with Crippen LogP contribution in [0.4, 0.5) is 4.39 Å². The molecule has 1 fully saturated rings. The maximum atomic E-state index is 13.1. The van der Waals surface area contributed by atoms with Gasteiger partial charge in [-0.3, -0.25) is 4.79 Å². The number of rotatable bonds is 5. The number of halogens is 1. The van der Waals surface area contributed by atoms with Crippen LogP contribution in [-0.2, 0) is 0 Å². The van der Waals surface area contributed by atoms with Crippen LogP contribution in [0.5, 0.6) is 0 Å². The van der Waals surface area contributed by atoms with E-state index in [0.29, 0.717) is 35.2 Å². The fourth-order valence-electron chi connectivity index (χ4n) is 2.67. The zero-order valence-corrected chi connectivity index (χ0v) is 13.5. The van der Waals surface area contributed by atoms with Crippen molar-refractivity contribution in [3.63, 3.8) is 0 Å². The summed E-state index contributed by atoms with van der Waals surface area (Å²) in [6.45, 7) is 0.708. The minimum Gasteiger partial charge on any atom is -0.436 e. The van der Waals surface area contributed by atoms with Crippen LogP contribution >= 0.6 is 0 Å². The van der Waals surface area contributed by atoms with E-state index in [0.717, 1.165) is 5.56 Å². The van der Waals surface area contributed by atoms with E-state index in [4.69, 9.17) is 4.42 Å². The third-order valence-electron chi connectivity index (χ3n) is 4.28. The zero-order valence-electron chi connectivity index (χ0n) is 13.5. The molecule has 1 heterocycles. The molecule has 0 aliphatic heterocycles. The molecule has 0 radical (unpaired) electrons. The highest BCUT2D eigenvalue weighted by Gasteiger charge is 2.23. The molecule has 1 amide bonds. The fourth-order valence-corrected chi connectivity index (χ4v) is 2.67. The number of amides is 1. The summed E-state index contributed by atoms with van der Waals surface area (Å²) in [4.78, 5) is 16.8. The molecule has 1 saturated carbocycles. The van der Waals surface area contributed by atoms with E-state index in [-0.39, 0.29) is 11.7 Å². The molecule has 1 aromatic heterocycles.